The van der Waals surface area contributed by atoms with E-state index in [0.717, 1.165) is 67.9 Å². The second-order valence-corrected chi connectivity index (χ2v) is 10.3. The number of rotatable bonds is 6. The molecule has 1 saturated heterocycles. The standard InChI is InChI=1S/C25H31F3N4S/c1-4-24(31-15-19-7-6-17(2)12-18(19)3)8-5-10-32(11-9-24)22-21-13-20(14-25(26,27)28)33-23(21)30-16-29-22/h6-7,12-13,16,31H,4-5,8-11,14-15H2,1-3H3/t24-/m1/s1. The Morgan fingerprint density at radius 1 is 1.12 bits per heavy atom. The monoisotopic (exact) mass is 476 g/mol. The lowest BCUT2D eigenvalue weighted by molar-refractivity contribution is -0.126. The smallest absolute Gasteiger partial charge is 0.356 e. The Morgan fingerprint density at radius 2 is 1.94 bits per heavy atom. The lowest BCUT2D eigenvalue weighted by Gasteiger charge is -2.34. The number of aryl methyl sites for hydroxylation is 2. The van der Waals surface area contributed by atoms with Crippen LogP contribution in [0.1, 0.15) is 54.2 Å². The molecule has 1 aromatic carbocycles. The molecule has 4 nitrogen and oxygen atoms in total. The molecule has 33 heavy (non-hydrogen) atoms. The van der Waals surface area contributed by atoms with E-state index in [1.807, 2.05) is 0 Å². The van der Waals surface area contributed by atoms with E-state index in [1.165, 1.54) is 23.0 Å². The summed E-state index contributed by atoms with van der Waals surface area (Å²) in [7, 11) is 0. The van der Waals surface area contributed by atoms with Gasteiger partial charge in [0.2, 0.25) is 0 Å². The second-order valence-electron chi connectivity index (χ2n) is 9.18. The van der Waals surface area contributed by atoms with Gasteiger partial charge in [0.05, 0.1) is 11.8 Å². The lowest BCUT2D eigenvalue weighted by Crippen LogP contribution is -2.45. The van der Waals surface area contributed by atoms with E-state index in [1.54, 1.807) is 6.07 Å². The molecule has 1 N–H and O–H groups in total. The fourth-order valence-corrected chi connectivity index (χ4v) is 5.84. The van der Waals surface area contributed by atoms with Crippen molar-refractivity contribution < 1.29 is 13.2 Å². The molecule has 1 aliphatic rings. The largest absolute Gasteiger partial charge is 0.393 e. The number of aromatic nitrogens is 2. The average Bonchev–Trinajstić information content (AvgIpc) is 3.03. The summed E-state index contributed by atoms with van der Waals surface area (Å²) in [5, 5.41) is 4.59. The molecular formula is C25H31F3N4S. The molecule has 3 heterocycles. The highest BCUT2D eigenvalue weighted by Gasteiger charge is 2.32. The first kappa shape index (κ1) is 24.0. The van der Waals surface area contributed by atoms with Crippen LogP contribution in [0.2, 0.25) is 0 Å². The number of hydrogen-bond donors (Lipinski definition) is 1. The minimum atomic E-state index is -4.22. The predicted molar refractivity (Wildman–Crippen MR) is 129 cm³/mol. The number of alkyl halides is 3. The van der Waals surface area contributed by atoms with Crippen molar-refractivity contribution in [3.05, 3.63) is 52.2 Å². The van der Waals surface area contributed by atoms with Crippen LogP contribution < -0.4 is 10.2 Å². The van der Waals surface area contributed by atoms with Crippen LogP contribution in [0.5, 0.6) is 0 Å². The summed E-state index contributed by atoms with van der Waals surface area (Å²) >= 11 is 1.11. The van der Waals surface area contributed by atoms with Crippen LogP contribution >= 0.6 is 11.3 Å². The van der Waals surface area contributed by atoms with E-state index < -0.39 is 12.6 Å². The van der Waals surface area contributed by atoms with Crippen molar-refractivity contribution in [1.82, 2.24) is 15.3 Å². The van der Waals surface area contributed by atoms with Crippen LogP contribution in [0.25, 0.3) is 10.2 Å². The molecule has 178 valence electrons. The molecule has 0 bridgehead atoms. The van der Waals surface area contributed by atoms with Crippen LogP contribution in [0.3, 0.4) is 0 Å². The maximum absolute atomic E-state index is 12.9. The first-order valence-corrected chi connectivity index (χ1v) is 12.4. The molecule has 1 atom stereocenters. The van der Waals surface area contributed by atoms with Gasteiger partial charge in [0, 0.05) is 30.1 Å². The summed E-state index contributed by atoms with van der Waals surface area (Å²) < 4.78 is 38.7. The van der Waals surface area contributed by atoms with Crippen LogP contribution in [0.15, 0.2) is 30.6 Å². The molecule has 1 fully saturated rings. The number of nitrogens with zero attached hydrogens (tertiary/aromatic N) is 3. The summed E-state index contributed by atoms with van der Waals surface area (Å²) in [4.78, 5) is 11.9. The number of nitrogens with one attached hydrogen (secondary N) is 1. The summed E-state index contributed by atoms with van der Waals surface area (Å²) in [6.07, 6.45) is 0.370. The Hall–Kier alpha value is -2.19. The first-order chi connectivity index (χ1) is 15.7. The SMILES string of the molecule is CC[C@@]1(NCc2ccc(C)cc2C)CCCN(c2ncnc3sc(CC(F)(F)F)cc23)CC1. The number of thiophene rings is 1. The molecule has 0 unspecified atom stereocenters. The minimum absolute atomic E-state index is 0.0360. The summed E-state index contributed by atoms with van der Waals surface area (Å²) in [6, 6.07) is 8.21. The first-order valence-electron chi connectivity index (χ1n) is 11.5. The maximum atomic E-state index is 12.9. The van der Waals surface area contributed by atoms with Crippen molar-refractivity contribution in [2.24, 2.45) is 0 Å². The Morgan fingerprint density at radius 3 is 2.67 bits per heavy atom. The lowest BCUT2D eigenvalue weighted by atomic mass is 9.87. The topological polar surface area (TPSA) is 41.0 Å². The Kier molecular flexibility index (Phi) is 6.96. The van der Waals surface area contributed by atoms with Gasteiger partial charge in [-0.3, -0.25) is 0 Å². The maximum Gasteiger partial charge on any atom is 0.393 e. The van der Waals surface area contributed by atoms with Gasteiger partial charge in [-0.2, -0.15) is 13.2 Å². The summed E-state index contributed by atoms with van der Waals surface area (Å²) in [6.45, 7) is 8.99. The third kappa shape index (κ3) is 5.66. The zero-order chi connectivity index (χ0) is 23.6. The van der Waals surface area contributed by atoms with Crippen LogP contribution in [-0.2, 0) is 13.0 Å². The third-order valence-corrected chi connectivity index (χ3v) is 7.85. The highest BCUT2D eigenvalue weighted by molar-refractivity contribution is 7.18. The van der Waals surface area contributed by atoms with Crippen molar-refractivity contribution in [2.75, 3.05) is 18.0 Å². The molecule has 1 aliphatic heterocycles. The fourth-order valence-electron chi connectivity index (χ4n) is 4.82. The molecule has 3 aromatic rings. The van der Waals surface area contributed by atoms with Crippen molar-refractivity contribution in [3.63, 3.8) is 0 Å². The number of hydrogen-bond acceptors (Lipinski definition) is 5. The molecule has 0 radical (unpaired) electrons. The van der Waals surface area contributed by atoms with Gasteiger partial charge in [0.1, 0.15) is 17.0 Å². The second kappa shape index (κ2) is 9.58. The van der Waals surface area contributed by atoms with Crippen LogP contribution in [0, 0.1) is 13.8 Å². The highest BCUT2D eigenvalue weighted by Crippen LogP contribution is 2.35. The molecule has 0 aliphatic carbocycles. The van der Waals surface area contributed by atoms with E-state index in [2.05, 4.69) is 59.2 Å². The number of benzene rings is 1. The van der Waals surface area contributed by atoms with Gasteiger partial charge >= 0.3 is 6.18 Å². The van der Waals surface area contributed by atoms with Crippen LogP contribution in [0.4, 0.5) is 19.0 Å². The van der Waals surface area contributed by atoms with E-state index in [0.29, 0.717) is 4.83 Å². The molecule has 8 heteroatoms. The van der Waals surface area contributed by atoms with Crippen molar-refractivity contribution in [1.29, 1.82) is 0 Å². The summed E-state index contributed by atoms with van der Waals surface area (Å²) in [5.41, 5.74) is 3.94. The third-order valence-electron chi connectivity index (χ3n) is 6.81. The Bertz CT molecular complexity index is 1110. The molecule has 0 saturated carbocycles. The number of halogens is 3. The molecule has 4 rings (SSSR count). The Balaban J connectivity index is 1.50. The van der Waals surface area contributed by atoms with E-state index in [9.17, 15) is 13.2 Å². The van der Waals surface area contributed by atoms with Crippen molar-refractivity contribution in [3.8, 4) is 0 Å². The van der Waals surface area contributed by atoms with Crippen molar-refractivity contribution in [2.45, 2.75) is 71.1 Å². The van der Waals surface area contributed by atoms with Gasteiger partial charge in [0.15, 0.2) is 0 Å². The van der Waals surface area contributed by atoms with Gasteiger partial charge in [-0.25, -0.2) is 9.97 Å². The van der Waals surface area contributed by atoms with Crippen molar-refractivity contribution >= 4 is 27.4 Å². The molecule has 0 amide bonds. The highest BCUT2D eigenvalue weighted by atomic mass is 32.1. The van der Waals surface area contributed by atoms with Gasteiger partial charge in [0.25, 0.3) is 0 Å². The average molecular weight is 477 g/mol. The zero-order valence-corrected chi connectivity index (χ0v) is 20.2. The van der Waals surface area contributed by atoms with E-state index in [4.69, 9.17) is 0 Å². The van der Waals surface area contributed by atoms with Gasteiger partial charge < -0.3 is 10.2 Å². The summed E-state index contributed by atoms with van der Waals surface area (Å²) in [5.74, 6) is 0.756. The zero-order valence-electron chi connectivity index (χ0n) is 19.4. The Labute approximate surface area is 197 Å². The van der Waals surface area contributed by atoms with Gasteiger partial charge in [-0.05, 0) is 56.7 Å². The van der Waals surface area contributed by atoms with E-state index >= 15 is 0 Å². The van der Waals surface area contributed by atoms with Gasteiger partial charge in [-0.15, -0.1) is 11.3 Å². The quantitative estimate of drug-likeness (QED) is 0.451. The minimum Gasteiger partial charge on any atom is -0.356 e. The fraction of sp³-hybridized carbons (Fsp3) is 0.520. The molecule has 2 aromatic heterocycles. The van der Waals surface area contributed by atoms with Crippen LogP contribution in [-0.4, -0.2) is 34.8 Å². The molecular weight excluding hydrogens is 445 g/mol. The number of anilines is 1. The van der Waals surface area contributed by atoms with E-state index in [-0.39, 0.29) is 10.4 Å². The predicted octanol–water partition coefficient (Wildman–Crippen LogP) is 6.34. The van der Waals surface area contributed by atoms with Gasteiger partial charge in [-0.1, -0.05) is 30.7 Å². The normalized spacial score (nSPS) is 19.8. The molecule has 0 spiro atoms. The number of fused-ring (bicyclic) bond motifs is 1.